The molecule has 15 heavy (non-hydrogen) atoms. The average Bonchev–Trinajstić information content (AvgIpc) is 2.22. The van der Waals surface area contributed by atoms with Gasteiger partial charge in [0.05, 0.1) is 0 Å². The van der Waals surface area contributed by atoms with Gasteiger partial charge in [-0.15, -0.1) is 0 Å². The molecule has 2 rings (SSSR count). The van der Waals surface area contributed by atoms with E-state index in [1.807, 2.05) is 0 Å². The Labute approximate surface area is 100 Å². The Morgan fingerprint density at radius 3 is 2.07 bits per heavy atom. The molecule has 1 fully saturated rings. The second kappa shape index (κ2) is 4.26. The Morgan fingerprint density at radius 2 is 1.60 bits per heavy atom. The molecule has 1 N–H and O–H groups in total. The molecule has 1 saturated carbocycles. The molecule has 2 heteroatoms. The number of hydrogen-bond acceptors (Lipinski definition) is 1. The van der Waals surface area contributed by atoms with Gasteiger partial charge in [-0.05, 0) is 42.5 Å². The average molecular weight is 268 g/mol. The fourth-order valence-corrected chi connectivity index (χ4v) is 3.34. The van der Waals surface area contributed by atoms with Crippen LogP contribution in [0.5, 0.6) is 0 Å². The van der Waals surface area contributed by atoms with Crippen molar-refractivity contribution in [2.24, 2.45) is 11.8 Å². The molecule has 2 unspecified atom stereocenters. The number of halogens is 1. The number of benzene rings is 1. The van der Waals surface area contributed by atoms with Crippen LogP contribution in [-0.4, -0.2) is 13.1 Å². The predicted molar refractivity (Wildman–Crippen MR) is 68.1 cm³/mol. The first-order chi connectivity index (χ1) is 7.15. The topological polar surface area (TPSA) is 12.0 Å². The van der Waals surface area contributed by atoms with Crippen LogP contribution in [0, 0.1) is 11.8 Å². The van der Waals surface area contributed by atoms with E-state index in [4.69, 9.17) is 0 Å². The third-order valence-corrected chi connectivity index (χ3v) is 4.38. The van der Waals surface area contributed by atoms with Crippen LogP contribution in [0.15, 0.2) is 28.7 Å². The molecule has 0 spiro atoms. The van der Waals surface area contributed by atoms with Crippen LogP contribution in [0.4, 0.5) is 0 Å². The summed E-state index contributed by atoms with van der Waals surface area (Å²) in [6.45, 7) is 4.68. The van der Waals surface area contributed by atoms with E-state index in [1.165, 1.54) is 5.56 Å². The minimum absolute atomic E-state index is 0.679. The minimum atomic E-state index is 0.679. The van der Waals surface area contributed by atoms with E-state index in [2.05, 4.69) is 66.4 Å². The summed E-state index contributed by atoms with van der Waals surface area (Å²) in [6, 6.07) is 9.45. The summed E-state index contributed by atoms with van der Waals surface area (Å²) in [6.07, 6.45) is 0. The van der Waals surface area contributed by atoms with Gasteiger partial charge < -0.3 is 5.32 Å². The van der Waals surface area contributed by atoms with Crippen LogP contribution in [0.3, 0.4) is 0 Å². The maximum atomic E-state index is 3.48. The van der Waals surface area contributed by atoms with Crippen molar-refractivity contribution in [2.75, 3.05) is 7.05 Å². The second-order valence-electron chi connectivity index (χ2n) is 4.61. The highest BCUT2D eigenvalue weighted by atomic mass is 79.9. The van der Waals surface area contributed by atoms with Gasteiger partial charge in [0.1, 0.15) is 0 Å². The third kappa shape index (κ3) is 1.85. The molecule has 1 aliphatic rings. The smallest absolute Gasteiger partial charge is 0.0175 e. The lowest BCUT2D eigenvalue weighted by molar-refractivity contribution is 0.103. The van der Waals surface area contributed by atoms with Crippen molar-refractivity contribution in [3.63, 3.8) is 0 Å². The van der Waals surface area contributed by atoms with Crippen molar-refractivity contribution in [3.8, 4) is 0 Å². The van der Waals surface area contributed by atoms with Gasteiger partial charge in [0.15, 0.2) is 0 Å². The van der Waals surface area contributed by atoms with E-state index in [1.54, 1.807) is 0 Å². The Kier molecular flexibility index (Phi) is 3.17. The monoisotopic (exact) mass is 267 g/mol. The molecule has 0 radical (unpaired) electrons. The van der Waals surface area contributed by atoms with Gasteiger partial charge in [0.25, 0.3) is 0 Å². The standard InChI is InChI=1S/C13H18BrN/c1-8-12(9(2)13(8)15-3)10-4-6-11(14)7-5-10/h4-9,12-13,15H,1-3H3. The zero-order chi connectivity index (χ0) is 11.0. The molecule has 0 bridgehead atoms. The van der Waals surface area contributed by atoms with Gasteiger partial charge in [0.2, 0.25) is 0 Å². The molecule has 1 nitrogen and oxygen atoms in total. The van der Waals surface area contributed by atoms with Crippen molar-refractivity contribution in [1.82, 2.24) is 5.32 Å². The van der Waals surface area contributed by atoms with Crippen LogP contribution >= 0.6 is 15.9 Å². The fraction of sp³-hybridized carbons (Fsp3) is 0.538. The van der Waals surface area contributed by atoms with Gasteiger partial charge in [-0.3, -0.25) is 0 Å². The first-order valence-corrected chi connectivity index (χ1v) is 6.37. The Morgan fingerprint density at radius 1 is 1.07 bits per heavy atom. The van der Waals surface area contributed by atoms with Crippen LogP contribution in [0.1, 0.15) is 25.3 Å². The summed E-state index contributed by atoms with van der Waals surface area (Å²) < 4.78 is 1.16. The normalized spacial score (nSPS) is 34.9. The largest absolute Gasteiger partial charge is 0.316 e. The molecule has 1 aliphatic carbocycles. The molecular formula is C13H18BrN. The van der Waals surface area contributed by atoms with E-state index >= 15 is 0 Å². The summed E-state index contributed by atoms with van der Waals surface area (Å²) in [5.41, 5.74) is 1.48. The van der Waals surface area contributed by atoms with E-state index in [9.17, 15) is 0 Å². The fourth-order valence-electron chi connectivity index (χ4n) is 3.08. The minimum Gasteiger partial charge on any atom is -0.316 e. The third-order valence-electron chi connectivity index (χ3n) is 3.85. The molecule has 0 heterocycles. The molecule has 1 aromatic rings. The molecule has 82 valence electrons. The summed E-state index contributed by atoms with van der Waals surface area (Å²) >= 11 is 3.48. The summed E-state index contributed by atoms with van der Waals surface area (Å²) in [4.78, 5) is 0. The highest BCUT2D eigenvalue weighted by Gasteiger charge is 2.44. The van der Waals surface area contributed by atoms with Crippen molar-refractivity contribution < 1.29 is 0 Å². The lowest BCUT2D eigenvalue weighted by Gasteiger charge is -2.49. The van der Waals surface area contributed by atoms with Gasteiger partial charge in [0, 0.05) is 10.5 Å². The SMILES string of the molecule is CNC1C(C)C(c2ccc(Br)cc2)C1C. The van der Waals surface area contributed by atoms with E-state index in [0.29, 0.717) is 6.04 Å². The first kappa shape index (κ1) is 11.2. The highest BCUT2D eigenvalue weighted by molar-refractivity contribution is 9.10. The van der Waals surface area contributed by atoms with E-state index < -0.39 is 0 Å². The zero-order valence-corrected chi connectivity index (χ0v) is 11.1. The Hall–Kier alpha value is -0.340. The second-order valence-corrected chi connectivity index (χ2v) is 5.53. The predicted octanol–water partition coefficient (Wildman–Crippen LogP) is 3.41. The van der Waals surface area contributed by atoms with Crippen molar-refractivity contribution >= 4 is 15.9 Å². The number of hydrogen-bond donors (Lipinski definition) is 1. The Balaban J connectivity index is 2.16. The lowest BCUT2D eigenvalue weighted by atomic mass is 9.60. The van der Waals surface area contributed by atoms with Gasteiger partial charge in [-0.2, -0.15) is 0 Å². The summed E-state index contributed by atoms with van der Waals surface area (Å²) in [5, 5.41) is 3.40. The van der Waals surface area contributed by atoms with Crippen LogP contribution < -0.4 is 5.32 Å². The molecule has 0 amide bonds. The quantitative estimate of drug-likeness (QED) is 0.866. The van der Waals surface area contributed by atoms with Crippen LogP contribution in [0.25, 0.3) is 0 Å². The van der Waals surface area contributed by atoms with Crippen molar-refractivity contribution in [1.29, 1.82) is 0 Å². The Bertz CT molecular complexity index is 323. The molecule has 0 aliphatic heterocycles. The van der Waals surface area contributed by atoms with E-state index in [0.717, 1.165) is 22.2 Å². The highest BCUT2D eigenvalue weighted by Crippen LogP contribution is 2.47. The molecular weight excluding hydrogens is 250 g/mol. The van der Waals surface area contributed by atoms with Crippen LogP contribution in [-0.2, 0) is 0 Å². The van der Waals surface area contributed by atoms with Gasteiger partial charge >= 0.3 is 0 Å². The van der Waals surface area contributed by atoms with Gasteiger partial charge in [-0.25, -0.2) is 0 Å². The van der Waals surface area contributed by atoms with Crippen LogP contribution in [0.2, 0.25) is 0 Å². The summed E-state index contributed by atoms with van der Waals surface area (Å²) in [7, 11) is 2.06. The molecule has 0 aromatic heterocycles. The molecule has 2 atom stereocenters. The van der Waals surface area contributed by atoms with E-state index in [-0.39, 0.29) is 0 Å². The van der Waals surface area contributed by atoms with Crippen molar-refractivity contribution in [3.05, 3.63) is 34.3 Å². The lowest BCUT2D eigenvalue weighted by Crippen LogP contribution is -2.53. The first-order valence-electron chi connectivity index (χ1n) is 5.58. The zero-order valence-electron chi connectivity index (χ0n) is 9.50. The number of rotatable bonds is 2. The maximum absolute atomic E-state index is 3.48. The number of nitrogens with one attached hydrogen (secondary N) is 1. The molecule has 0 saturated heterocycles. The molecule has 1 aromatic carbocycles. The van der Waals surface area contributed by atoms with Crippen molar-refractivity contribution in [2.45, 2.75) is 25.8 Å². The summed E-state index contributed by atoms with van der Waals surface area (Å²) in [5.74, 6) is 2.20. The van der Waals surface area contributed by atoms with Gasteiger partial charge in [-0.1, -0.05) is 41.9 Å². The maximum Gasteiger partial charge on any atom is 0.0175 e.